The quantitative estimate of drug-likeness (QED) is 0.407. The highest BCUT2D eigenvalue weighted by Crippen LogP contribution is 2.29. The van der Waals surface area contributed by atoms with Crippen molar-refractivity contribution in [2.75, 3.05) is 4.72 Å². The van der Waals surface area contributed by atoms with Crippen LogP contribution in [0.3, 0.4) is 0 Å². The van der Waals surface area contributed by atoms with Gasteiger partial charge < -0.3 is 4.74 Å². The van der Waals surface area contributed by atoms with Gasteiger partial charge in [-0.3, -0.25) is 9.29 Å². The zero-order valence-electron chi connectivity index (χ0n) is 15.9. The van der Waals surface area contributed by atoms with Gasteiger partial charge >= 0.3 is 0 Å². The number of thiophene rings is 1. The van der Waals surface area contributed by atoms with E-state index in [4.69, 9.17) is 4.74 Å². The fraction of sp³-hybridized carbons (Fsp3) is 0.105. The molecule has 3 heterocycles. The van der Waals surface area contributed by atoms with Crippen LogP contribution in [0.5, 0.6) is 11.6 Å². The number of imidazole rings is 1. The van der Waals surface area contributed by atoms with Crippen molar-refractivity contribution in [2.24, 2.45) is 0 Å². The van der Waals surface area contributed by atoms with Crippen LogP contribution in [0.4, 0.5) is 5.69 Å². The van der Waals surface area contributed by atoms with Crippen LogP contribution in [0.25, 0.3) is 5.82 Å². The first-order valence-electron chi connectivity index (χ1n) is 8.72. The van der Waals surface area contributed by atoms with Gasteiger partial charge in [0.15, 0.2) is 0 Å². The summed E-state index contributed by atoms with van der Waals surface area (Å²) >= 11 is 4.41. The summed E-state index contributed by atoms with van der Waals surface area (Å²) < 4.78 is 36.1. The van der Waals surface area contributed by atoms with Gasteiger partial charge in [-0.25, -0.2) is 18.4 Å². The van der Waals surface area contributed by atoms with E-state index in [1.807, 2.05) is 17.7 Å². The second kappa shape index (κ2) is 8.17. The summed E-state index contributed by atoms with van der Waals surface area (Å²) in [6, 6.07) is 11.6. The Bertz CT molecular complexity index is 1300. The number of hydrogen-bond acceptors (Lipinski definition) is 7. The van der Waals surface area contributed by atoms with Crippen molar-refractivity contribution >= 4 is 43.0 Å². The van der Waals surface area contributed by atoms with Gasteiger partial charge in [-0.1, -0.05) is 0 Å². The number of ether oxygens (including phenoxy) is 1. The summed E-state index contributed by atoms with van der Waals surface area (Å²) in [6.45, 7) is 3.66. The van der Waals surface area contributed by atoms with E-state index >= 15 is 0 Å². The number of nitrogens with zero attached hydrogens (tertiary/aromatic N) is 4. The van der Waals surface area contributed by atoms with Crippen LogP contribution in [0.2, 0.25) is 0 Å². The molecule has 0 unspecified atom stereocenters. The summed E-state index contributed by atoms with van der Waals surface area (Å²) in [6.07, 6.45) is 3.51. The molecule has 0 aliphatic carbocycles. The zero-order chi connectivity index (χ0) is 21.3. The maximum absolute atomic E-state index is 12.4. The molecular weight excluding hydrogens is 490 g/mol. The largest absolute Gasteiger partial charge is 0.439 e. The Morgan fingerprint density at radius 2 is 1.87 bits per heavy atom. The molecule has 0 bridgehead atoms. The molecule has 4 rings (SSSR count). The van der Waals surface area contributed by atoms with Crippen LogP contribution in [-0.2, 0) is 10.0 Å². The second-order valence-corrected chi connectivity index (χ2v) is 10.6. The molecule has 0 amide bonds. The molecule has 1 aromatic carbocycles. The van der Waals surface area contributed by atoms with Gasteiger partial charge in [0.1, 0.15) is 27.4 Å². The number of benzene rings is 1. The minimum atomic E-state index is -3.64. The molecule has 0 spiro atoms. The molecule has 1 N–H and O–H groups in total. The van der Waals surface area contributed by atoms with Gasteiger partial charge in [-0.05, 0) is 66.2 Å². The maximum atomic E-state index is 12.4. The lowest BCUT2D eigenvalue weighted by atomic mass is 10.3. The third-order valence-electron chi connectivity index (χ3n) is 4.02. The van der Waals surface area contributed by atoms with Gasteiger partial charge in [-0.2, -0.15) is 4.98 Å². The number of aromatic nitrogens is 4. The van der Waals surface area contributed by atoms with E-state index in [-0.39, 0.29) is 4.21 Å². The summed E-state index contributed by atoms with van der Waals surface area (Å²) in [5, 5.41) is 0. The Morgan fingerprint density at radius 3 is 2.50 bits per heavy atom. The van der Waals surface area contributed by atoms with Gasteiger partial charge in [-0.15, -0.1) is 11.3 Å². The lowest BCUT2D eigenvalue weighted by Crippen LogP contribution is -2.11. The van der Waals surface area contributed by atoms with Crippen LogP contribution >= 0.6 is 27.3 Å². The molecule has 0 radical (unpaired) electrons. The molecule has 0 aliphatic heterocycles. The first-order valence-corrected chi connectivity index (χ1v) is 11.8. The molecule has 0 aliphatic rings. The van der Waals surface area contributed by atoms with Crippen molar-refractivity contribution in [2.45, 2.75) is 18.1 Å². The molecule has 0 saturated heterocycles. The predicted molar refractivity (Wildman–Crippen MR) is 118 cm³/mol. The van der Waals surface area contributed by atoms with E-state index in [1.54, 1.807) is 55.6 Å². The van der Waals surface area contributed by atoms with Crippen LogP contribution in [0.1, 0.15) is 11.6 Å². The molecular formula is C19H16BrN5O3S2. The van der Waals surface area contributed by atoms with Gasteiger partial charge in [0.05, 0.1) is 3.79 Å². The number of halogens is 1. The number of rotatable bonds is 6. The molecule has 154 valence electrons. The first kappa shape index (κ1) is 20.5. The lowest BCUT2D eigenvalue weighted by molar-refractivity contribution is 0.459. The average Bonchev–Trinajstić information content (AvgIpc) is 3.31. The smallest absolute Gasteiger partial charge is 0.271 e. The Hall–Kier alpha value is -2.76. The highest BCUT2D eigenvalue weighted by molar-refractivity contribution is 9.11. The van der Waals surface area contributed by atoms with E-state index in [2.05, 4.69) is 35.6 Å². The highest BCUT2D eigenvalue weighted by atomic mass is 79.9. The van der Waals surface area contributed by atoms with E-state index < -0.39 is 10.0 Å². The molecule has 0 saturated carbocycles. The normalized spacial score (nSPS) is 11.4. The third-order valence-corrected chi connectivity index (χ3v) is 7.51. The number of hydrogen-bond donors (Lipinski definition) is 1. The van der Waals surface area contributed by atoms with Crippen molar-refractivity contribution in [3.05, 3.63) is 70.3 Å². The molecule has 11 heteroatoms. The number of aryl methyl sites for hydroxylation is 2. The minimum absolute atomic E-state index is 0.230. The second-order valence-electron chi connectivity index (χ2n) is 6.25. The van der Waals surface area contributed by atoms with E-state index in [0.29, 0.717) is 29.0 Å². The molecule has 4 aromatic rings. The molecule has 8 nitrogen and oxygen atoms in total. The zero-order valence-corrected chi connectivity index (χ0v) is 19.1. The number of sulfonamides is 1. The van der Waals surface area contributed by atoms with Crippen LogP contribution in [0.15, 0.2) is 62.9 Å². The van der Waals surface area contributed by atoms with Crippen molar-refractivity contribution in [3.63, 3.8) is 0 Å². The topological polar surface area (TPSA) is 99.0 Å². The molecule has 30 heavy (non-hydrogen) atoms. The maximum Gasteiger partial charge on any atom is 0.271 e. The highest BCUT2D eigenvalue weighted by Gasteiger charge is 2.16. The van der Waals surface area contributed by atoms with Crippen molar-refractivity contribution in [1.29, 1.82) is 0 Å². The van der Waals surface area contributed by atoms with Crippen LogP contribution in [0, 0.1) is 13.8 Å². The Morgan fingerprint density at radius 1 is 1.10 bits per heavy atom. The van der Waals surface area contributed by atoms with E-state index in [9.17, 15) is 8.42 Å². The minimum Gasteiger partial charge on any atom is -0.439 e. The first-order chi connectivity index (χ1) is 14.3. The molecule has 0 fully saturated rings. The monoisotopic (exact) mass is 505 g/mol. The van der Waals surface area contributed by atoms with Crippen molar-refractivity contribution in [1.82, 2.24) is 19.5 Å². The number of nitrogens with one attached hydrogen (secondary N) is 1. The SMILES string of the molecule is Cc1nc(Oc2ccc(NS(=O)(=O)c3ccc(Br)s3)cc2)cc(-n2ccnc2C)n1. The standard InChI is InChI=1S/C19H16BrN5O3S2/c1-12-22-17(25-10-9-21-13(25)2)11-18(23-12)28-15-5-3-14(4-6-15)24-30(26,27)19-8-7-16(20)29-19/h3-11,24H,1-2H3. The van der Waals surface area contributed by atoms with Crippen molar-refractivity contribution < 1.29 is 13.2 Å². The lowest BCUT2D eigenvalue weighted by Gasteiger charge is -2.10. The Balaban J connectivity index is 1.52. The summed E-state index contributed by atoms with van der Waals surface area (Å²) in [5.41, 5.74) is 0.431. The van der Waals surface area contributed by atoms with Crippen LogP contribution in [-0.4, -0.2) is 27.9 Å². The van der Waals surface area contributed by atoms with Crippen LogP contribution < -0.4 is 9.46 Å². The van der Waals surface area contributed by atoms with Gasteiger partial charge in [0.2, 0.25) is 5.88 Å². The molecule has 0 atom stereocenters. The third kappa shape index (κ3) is 4.53. The Labute approximate surface area is 185 Å². The summed E-state index contributed by atoms with van der Waals surface area (Å²) in [7, 11) is -3.64. The van der Waals surface area contributed by atoms with Gasteiger partial charge in [0.25, 0.3) is 10.0 Å². The summed E-state index contributed by atoms with van der Waals surface area (Å²) in [4.78, 5) is 12.9. The average molecular weight is 506 g/mol. The van der Waals surface area contributed by atoms with Crippen molar-refractivity contribution in [3.8, 4) is 17.4 Å². The summed E-state index contributed by atoms with van der Waals surface area (Å²) in [5.74, 6) is 2.90. The number of anilines is 1. The fourth-order valence-electron chi connectivity index (χ4n) is 2.68. The molecule has 3 aromatic heterocycles. The fourth-order valence-corrected chi connectivity index (χ4v) is 5.75. The van der Waals surface area contributed by atoms with E-state index in [1.165, 1.54) is 0 Å². The van der Waals surface area contributed by atoms with E-state index in [0.717, 1.165) is 20.9 Å². The van der Waals surface area contributed by atoms with Gasteiger partial charge in [0, 0.05) is 24.1 Å². The Kier molecular flexibility index (Phi) is 5.58. The predicted octanol–water partition coefficient (Wildman–Crippen LogP) is 4.70.